The van der Waals surface area contributed by atoms with Crippen LogP contribution in [0.3, 0.4) is 0 Å². The zero-order valence-corrected chi connectivity index (χ0v) is 11.3. The van der Waals surface area contributed by atoms with E-state index in [0.717, 1.165) is 47.1 Å². The fourth-order valence-electron chi connectivity index (χ4n) is 2.66. The summed E-state index contributed by atoms with van der Waals surface area (Å²) in [5, 5.41) is 1.13. The molecular formula is C15H18N4. The van der Waals surface area contributed by atoms with Crippen LogP contribution in [0.15, 0.2) is 24.3 Å². The number of hydrogen-bond acceptors (Lipinski definition) is 3. The molecule has 0 fully saturated rings. The summed E-state index contributed by atoms with van der Waals surface area (Å²) in [5.41, 5.74) is 8.96. The van der Waals surface area contributed by atoms with Crippen LogP contribution in [0.25, 0.3) is 21.9 Å². The van der Waals surface area contributed by atoms with Crippen molar-refractivity contribution in [1.82, 2.24) is 14.5 Å². The minimum atomic E-state index is 0.526. The smallest absolute Gasteiger partial charge is 0.152 e. The van der Waals surface area contributed by atoms with Crippen molar-refractivity contribution in [3.63, 3.8) is 0 Å². The second kappa shape index (κ2) is 4.53. The number of nitrogen functional groups attached to an aromatic ring is 1. The summed E-state index contributed by atoms with van der Waals surface area (Å²) >= 11 is 0. The van der Waals surface area contributed by atoms with Gasteiger partial charge in [-0.05, 0) is 19.4 Å². The molecule has 4 nitrogen and oxygen atoms in total. The molecule has 19 heavy (non-hydrogen) atoms. The first kappa shape index (κ1) is 12.0. The van der Waals surface area contributed by atoms with Crippen molar-refractivity contribution in [2.75, 3.05) is 5.73 Å². The van der Waals surface area contributed by atoms with E-state index < -0.39 is 0 Å². The molecule has 3 aromatic rings. The Hall–Kier alpha value is -2.10. The van der Waals surface area contributed by atoms with Crippen LogP contribution in [0.4, 0.5) is 5.82 Å². The van der Waals surface area contributed by atoms with Gasteiger partial charge >= 0.3 is 0 Å². The number of aromatic nitrogens is 3. The Labute approximate surface area is 112 Å². The largest absolute Gasteiger partial charge is 0.382 e. The van der Waals surface area contributed by atoms with E-state index >= 15 is 0 Å². The van der Waals surface area contributed by atoms with Gasteiger partial charge in [0.1, 0.15) is 11.3 Å². The van der Waals surface area contributed by atoms with Crippen LogP contribution < -0.4 is 5.73 Å². The SMILES string of the molecule is CCCc1nc2c(N)nc3ccccc3c2n1CC. The number of anilines is 1. The van der Waals surface area contributed by atoms with Crippen molar-refractivity contribution in [2.24, 2.45) is 0 Å². The highest BCUT2D eigenvalue weighted by Gasteiger charge is 2.15. The molecule has 0 unspecified atom stereocenters. The minimum absolute atomic E-state index is 0.526. The maximum Gasteiger partial charge on any atom is 0.152 e. The Morgan fingerprint density at radius 3 is 2.68 bits per heavy atom. The van der Waals surface area contributed by atoms with Crippen molar-refractivity contribution < 1.29 is 0 Å². The number of benzene rings is 1. The van der Waals surface area contributed by atoms with Gasteiger partial charge < -0.3 is 10.3 Å². The number of hydrogen-bond donors (Lipinski definition) is 1. The molecule has 4 heteroatoms. The second-order valence-corrected chi connectivity index (χ2v) is 4.73. The van der Waals surface area contributed by atoms with Gasteiger partial charge in [-0.2, -0.15) is 0 Å². The molecule has 0 amide bonds. The Kier molecular flexibility index (Phi) is 2.85. The minimum Gasteiger partial charge on any atom is -0.382 e. The zero-order chi connectivity index (χ0) is 13.4. The van der Waals surface area contributed by atoms with E-state index in [1.165, 1.54) is 0 Å². The highest BCUT2D eigenvalue weighted by molar-refractivity contribution is 6.06. The molecule has 0 saturated carbocycles. The van der Waals surface area contributed by atoms with E-state index in [-0.39, 0.29) is 0 Å². The normalized spacial score (nSPS) is 11.5. The van der Waals surface area contributed by atoms with Crippen LogP contribution in [0.5, 0.6) is 0 Å². The molecule has 3 rings (SSSR count). The lowest BCUT2D eigenvalue weighted by Crippen LogP contribution is -2.01. The van der Waals surface area contributed by atoms with Gasteiger partial charge in [-0.3, -0.25) is 0 Å². The fourth-order valence-corrected chi connectivity index (χ4v) is 2.66. The molecule has 0 atom stereocenters. The number of aryl methyl sites for hydroxylation is 2. The van der Waals surface area contributed by atoms with Gasteiger partial charge in [0.15, 0.2) is 5.82 Å². The third kappa shape index (κ3) is 1.75. The molecule has 0 spiro atoms. The van der Waals surface area contributed by atoms with Crippen LogP contribution in [-0.2, 0) is 13.0 Å². The van der Waals surface area contributed by atoms with Crippen molar-refractivity contribution in [3.05, 3.63) is 30.1 Å². The fraction of sp³-hybridized carbons (Fsp3) is 0.333. The molecule has 0 aliphatic carbocycles. The van der Waals surface area contributed by atoms with Gasteiger partial charge in [0.25, 0.3) is 0 Å². The van der Waals surface area contributed by atoms with E-state index in [2.05, 4.69) is 29.5 Å². The average Bonchev–Trinajstić information content (AvgIpc) is 2.78. The Balaban J connectivity index is 2.47. The van der Waals surface area contributed by atoms with Gasteiger partial charge in [-0.1, -0.05) is 25.1 Å². The predicted octanol–water partition coefficient (Wildman–Crippen LogP) is 3.14. The molecule has 0 aliphatic heterocycles. The molecular weight excluding hydrogens is 236 g/mol. The third-order valence-electron chi connectivity index (χ3n) is 3.48. The molecule has 98 valence electrons. The van der Waals surface area contributed by atoms with Crippen molar-refractivity contribution in [2.45, 2.75) is 33.2 Å². The molecule has 0 radical (unpaired) electrons. The first-order valence-corrected chi connectivity index (χ1v) is 6.79. The van der Waals surface area contributed by atoms with Gasteiger partial charge in [0.2, 0.25) is 0 Å². The van der Waals surface area contributed by atoms with E-state index in [1.807, 2.05) is 18.2 Å². The van der Waals surface area contributed by atoms with Gasteiger partial charge in [-0.15, -0.1) is 0 Å². The number of rotatable bonds is 3. The Bertz CT molecular complexity index is 743. The Morgan fingerprint density at radius 1 is 1.16 bits per heavy atom. The molecule has 2 aromatic heterocycles. The van der Waals surface area contributed by atoms with E-state index in [4.69, 9.17) is 10.7 Å². The molecule has 2 heterocycles. The van der Waals surface area contributed by atoms with Gasteiger partial charge in [-0.25, -0.2) is 9.97 Å². The topological polar surface area (TPSA) is 56.7 Å². The summed E-state index contributed by atoms with van der Waals surface area (Å²) in [6.07, 6.45) is 2.05. The quantitative estimate of drug-likeness (QED) is 0.781. The third-order valence-corrected chi connectivity index (χ3v) is 3.48. The number of nitrogens with two attached hydrogens (primary N) is 1. The first-order chi connectivity index (χ1) is 9.26. The summed E-state index contributed by atoms with van der Waals surface area (Å²) in [7, 11) is 0. The lowest BCUT2D eigenvalue weighted by Gasteiger charge is -2.07. The number of imidazole rings is 1. The van der Waals surface area contributed by atoms with E-state index in [0.29, 0.717) is 5.82 Å². The monoisotopic (exact) mass is 254 g/mol. The van der Waals surface area contributed by atoms with Crippen molar-refractivity contribution >= 4 is 27.8 Å². The molecule has 1 aromatic carbocycles. The highest BCUT2D eigenvalue weighted by Crippen LogP contribution is 2.28. The predicted molar refractivity (Wildman–Crippen MR) is 79.1 cm³/mol. The summed E-state index contributed by atoms with van der Waals surface area (Å²) in [6.45, 7) is 5.21. The van der Waals surface area contributed by atoms with Crippen LogP contribution >= 0.6 is 0 Å². The van der Waals surface area contributed by atoms with Crippen LogP contribution in [-0.4, -0.2) is 14.5 Å². The zero-order valence-electron chi connectivity index (χ0n) is 11.3. The summed E-state index contributed by atoms with van der Waals surface area (Å²) < 4.78 is 2.26. The summed E-state index contributed by atoms with van der Waals surface area (Å²) in [4.78, 5) is 9.15. The van der Waals surface area contributed by atoms with E-state index in [9.17, 15) is 0 Å². The van der Waals surface area contributed by atoms with Crippen LogP contribution in [0.1, 0.15) is 26.1 Å². The van der Waals surface area contributed by atoms with Gasteiger partial charge in [0, 0.05) is 18.4 Å². The molecule has 2 N–H and O–H groups in total. The summed E-state index contributed by atoms with van der Waals surface area (Å²) in [6, 6.07) is 8.11. The Morgan fingerprint density at radius 2 is 1.95 bits per heavy atom. The first-order valence-electron chi connectivity index (χ1n) is 6.79. The molecule has 0 aliphatic rings. The van der Waals surface area contributed by atoms with Gasteiger partial charge in [0.05, 0.1) is 11.0 Å². The lowest BCUT2D eigenvalue weighted by atomic mass is 10.2. The number of nitrogens with zero attached hydrogens (tertiary/aromatic N) is 3. The maximum absolute atomic E-state index is 6.07. The van der Waals surface area contributed by atoms with Crippen LogP contribution in [0.2, 0.25) is 0 Å². The molecule has 0 bridgehead atoms. The number of para-hydroxylation sites is 1. The maximum atomic E-state index is 6.07. The summed E-state index contributed by atoms with van der Waals surface area (Å²) in [5.74, 6) is 1.63. The molecule has 0 saturated heterocycles. The van der Waals surface area contributed by atoms with Crippen LogP contribution in [0, 0.1) is 0 Å². The highest BCUT2D eigenvalue weighted by atomic mass is 15.1. The van der Waals surface area contributed by atoms with Crippen molar-refractivity contribution in [1.29, 1.82) is 0 Å². The standard InChI is InChI=1S/C15H18N4/c1-3-7-12-18-13-14(19(12)4-2)10-8-5-6-9-11(10)17-15(13)16/h5-6,8-9H,3-4,7H2,1-2H3,(H2,16,17). The van der Waals surface area contributed by atoms with Crippen molar-refractivity contribution in [3.8, 4) is 0 Å². The lowest BCUT2D eigenvalue weighted by molar-refractivity contribution is 0.702. The van der Waals surface area contributed by atoms with E-state index in [1.54, 1.807) is 0 Å². The second-order valence-electron chi connectivity index (χ2n) is 4.73. The average molecular weight is 254 g/mol. The number of pyridine rings is 1. The number of fused-ring (bicyclic) bond motifs is 3.